The molecule has 3 rings (SSSR count). The van der Waals surface area contributed by atoms with Crippen LogP contribution < -0.4 is 5.43 Å². The number of alkyl halides is 3. The lowest BCUT2D eigenvalue weighted by Crippen LogP contribution is -2.43. The van der Waals surface area contributed by atoms with Crippen molar-refractivity contribution in [3.63, 3.8) is 0 Å². The zero-order chi connectivity index (χ0) is 15.9. The second-order valence-corrected chi connectivity index (χ2v) is 5.96. The fourth-order valence-electron chi connectivity index (χ4n) is 2.73. The smallest absolute Gasteiger partial charge is 0.288 e. The van der Waals surface area contributed by atoms with Gasteiger partial charge in [0, 0.05) is 17.4 Å². The predicted octanol–water partition coefficient (Wildman–Crippen LogP) is 3.94. The molecular formula is C15H12BrF3N2O. The zero-order valence-corrected chi connectivity index (χ0v) is 12.9. The summed E-state index contributed by atoms with van der Waals surface area (Å²) in [5, 5.41) is 2.19. The summed E-state index contributed by atoms with van der Waals surface area (Å²) in [7, 11) is 0. The number of hydrazine groups is 1. The molecule has 7 heteroatoms. The molecule has 1 heterocycles. The third-order valence-corrected chi connectivity index (χ3v) is 4.36. The van der Waals surface area contributed by atoms with Gasteiger partial charge in [0.05, 0.1) is 0 Å². The molecule has 1 aliphatic heterocycles. The van der Waals surface area contributed by atoms with Crippen LogP contribution in [0.25, 0.3) is 10.8 Å². The SMILES string of the molecule is O=C1CCN([C@@H](c2ccc(Br)c3ccccc23)C(F)(F)F)N1. The summed E-state index contributed by atoms with van der Waals surface area (Å²) in [6, 6.07) is 8.09. The van der Waals surface area contributed by atoms with E-state index < -0.39 is 18.1 Å². The van der Waals surface area contributed by atoms with Gasteiger partial charge >= 0.3 is 6.18 Å². The van der Waals surface area contributed by atoms with Crippen LogP contribution in [0.2, 0.25) is 0 Å². The number of carbonyl (C=O) groups excluding carboxylic acids is 1. The number of nitrogens with zero attached hydrogens (tertiary/aromatic N) is 1. The van der Waals surface area contributed by atoms with Crippen molar-refractivity contribution < 1.29 is 18.0 Å². The monoisotopic (exact) mass is 372 g/mol. The average molecular weight is 373 g/mol. The van der Waals surface area contributed by atoms with Crippen LogP contribution >= 0.6 is 15.9 Å². The van der Waals surface area contributed by atoms with E-state index in [1.165, 1.54) is 6.07 Å². The van der Waals surface area contributed by atoms with E-state index in [1.54, 1.807) is 30.3 Å². The summed E-state index contributed by atoms with van der Waals surface area (Å²) in [5.41, 5.74) is 2.43. The van der Waals surface area contributed by atoms with Crippen LogP contribution in [0.15, 0.2) is 40.9 Å². The molecule has 1 N–H and O–H groups in total. The van der Waals surface area contributed by atoms with Crippen LogP contribution in [0.3, 0.4) is 0 Å². The highest BCUT2D eigenvalue weighted by atomic mass is 79.9. The van der Waals surface area contributed by atoms with E-state index in [2.05, 4.69) is 21.4 Å². The van der Waals surface area contributed by atoms with Gasteiger partial charge in [0.2, 0.25) is 5.91 Å². The van der Waals surface area contributed by atoms with Crippen molar-refractivity contribution in [2.75, 3.05) is 6.54 Å². The molecule has 0 radical (unpaired) electrons. The molecule has 0 unspecified atom stereocenters. The average Bonchev–Trinajstić information content (AvgIpc) is 2.87. The number of benzene rings is 2. The Bertz CT molecular complexity index is 732. The Morgan fingerprint density at radius 3 is 2.41 bits per heavy atom. The maximum Gasteiger partial charge on any atom is 0.409 e. The molecule has 0 spiro atoms. The molecule has 116 valence electrons. The second kappa shape index (κ2) is 5.55. The van der Waals surface area contributed by atoms with E-state index in [0.717, 1.165) is 9.48 Å². The molecule has 2 aromatic rings. The largest absolute Gasteiger partial charge is 0.409 e. The summed E-state index contributed by atoms with van der Waals surface area (Å²) >= 11 is 3.36. The summed E-state index contributed by atoms with van der Waals surface area (Å²) in [4.78, 5) is 11.3. The maximum atomic E-state index is 13.6. The number of nitrogens with one attached hydrogen (secondary N) is 1. The molecule has 0 saturated carbocycles. The van der Waals surface area contributed by atoms with Gasteiger partial charge < -0.3 is 0 Å². The van der Waals surface area contributed by atoms with Crippen molar-refractivity contribution in [1.29, 1.82) is 0 Å². The minimum absolute atomic E-state index is 0.0351. The van der Waals surface area contributed by atoms with Gasteiger partial charge in [-0.15, -0.1) is 0 Å². The van der Waals surface area contributed by atoms with Gasteiger partial charge in [0.25, 0.3) is 0 Å². The summed E-state index contributed by atoms with van der Waals surface area (Å²) in [6.45, 7) is 0.0351. The number of hydrogen-bond acceptors (Lipinski definition) is 2. The van der Waals surface area contributed by atoms with Crippen LogP contribution in [-0.2, 0) is 4.79 Å². The molecule has 1 aliphatic rings. The Balaban J connectivity index is 2.17. The van der Waals surface area contributed by atoms with Crippen molar-refractivity contribution in [3.05, 3.63) is 46.4 Å². The first kappa shape index (κ1) is 15.3. The fraction of sp³-hybridized carbons (Fsp3) is 0.267. The van der Waals surface area contributed by atoms with Gasteiger partial charge in [0.15, 0.2) is 6.04 Å². The lowest BCUT2D eigenvalue weighted by Gasteiger charge is -2.30. The quantitative estimate of drug-likeness (QED) is 0.865. The molecule has 1 saturated heterocycles. The van der Waals surface area contributed by atoms with E-state index in [-0.39, 0.29) is 18.5 Å². The first-order chi connectivity index (χ1) is 10.4. The topological polar surface area (TPSA) is 32.3 Å². The van der Waals surface area contributed by atoms with Crippen molar-refractivity contribution >= 4 is 32.6 Å². The van der Waals surface area contributed by atoms with Gasteiger partial charge in [-0.3, -0.25) is 10.2 Å². The zero-order valence-electron chi connectivity index (χ0n) is 11.3. The van der Waals surface area contributed by atoms with Crippen LogP contribution in [0.1, 0.15) is 18.0 Å². The molecule has 1 atom stereocenters. The first-order valence-corrected chi connectivity index (χ1v) is 7.47. The third kappa shape index (κ3) is 2.70. The first-order valence-electron chi connectivity index (χ1n) is 6.68. The van der Waals surface area contributed by atoms with E-state index in [9.17, 15) is 18.0 Å². The molecule has 0 aliphatic carbocycles. The fourth-order valence-corrected chi connectivity index (χ4v) is 3.21. The molecule has 1 fully saturated rings. The Morgan fingerprint density at radius 1 is 1.14 bits per heavy atom. The normalized spacial score (nSPS) is 17.7. The summed E-state index contributed by atoms with van der Waals surface area (Å²) in [5.74, 6) is -0.393. The Morgan fingerprint density at radius 2 is 1.82 bits per heavy atom. The number of hydrogen-bond donors (Lipinski definition) is 1. The minimum Gasteiger partial charge on any atom is -0.288 e. The van der Waals surface area contributed by atoms with E-state index in [4.69, 9.17) is 0 Å². The lowest BCUT2D eigenvalue weighted by molar-refractivity contribution is -0.190. The van der Waals surface area contributed by atoms with Gasteiger partial charge in [0.1, 0.15) is 0 Å². The highest BCUT2D eigenvalue weighted by molar-refractivity contribution is 9.10. The van der Waals surface area contributed by atoms with Crippen LogP contribution in [0.4, 0.5) is 13.2 Å². The molecule has 0 bridgehead atoms. The number of rotatable bonds is 2. The van der Waals surface area contributed by atoms with Crippen molar-refractivity contribution in [2.45, 2.75) is 18.6 Å². The number of halogens is 4. The van der Waals surface area contributed by atoms with Crippen LogP contribution in [0.5, 0.6) is 0 Å². The highest BCUT2D eigenvalue weighted by Crippen LogP contribution is 2.41. The molecule has 0 aromatic heterocycles. The van der Waals surface area contributed by atoms with Crippen LogP contribution in [-0.4, -0.2) is 23.6 Å². The molecule has 2 aromatic carbocycles. The Kier molecular flexibility index (Phi) is 3.86. The number of amides is 1. The standard InChI is InChI=1S/C15H12BrF3N2O/c16-12-6-5-11(9-3-1-2-4-10(9)12)14(15(17,18)19)21-8-7-13(22)20-21/h1-6,14H,7-8H2,(H,20,22)/t14-/m0/s1. The molecule has 22 heavy (non-hydrogen) atoms. The van der Waals surface area contributed by atoms with Crippen molar-refractivity contribution in [2.24, 2.45) is 0 Å². The summed E-state index contributed by atoms with van der Waals surface area (Å²) in [6.07, 6.45) is -4.42. The molecule has 3 nitrogen and oxygen atoms in total. The Labute approximate surface area is 133 Å². The summed E-state index contributed by atoms with van der Waals surface area (Å²) < 4.78 is 41.6. The van der Waals surface area contributed by atoms with Gasteiger partial charge in [-0.05, 0) is 22.4 Å². The van der Waals surface area contributed by atoms with Crippen LogP contribution in [0, 0.1) is 0 Å². The minimum atomic E-state index is -4.49. The van der Waals surface area contributed by atoms with Crippen molar-refractivity contribution in [1.82, 2.24) is 10.4 Å². The predicted molar refractivity (Wildman–Crippen MR) is 79.9 cm³/mol. The lowest BCUT2D eigenvalue weighted by atomic mass is 9.98. The molecular weight excluding hydrogens is 361 g/mol. The second-order valence-electron chi connectivity index (χ2n) is 5.10. The van der Waals surface area contributed by atoms with E-state index in [1.807, 2.05) is 0 Å². The van der Waals surface area contributed by atoms with Gasteiger partial charge in [-0.2, -0.15) is 13.2 Å². The third-order valence-electron chi connectivity index (χ3n) is 3.67. The van der Waals surface area contributed by atoms with Crippen molar-refractivity contribution in [3.8, 4) is 0 Å². The highest BCUT2D eigenvalue weighted by Gasteiger charge is 2.47. The number of carbonyl (C=O) groups is 1. The van der Waals surface area contributed by atoms with E-state index >= 15 is 0 Å². The maximum absolute atomic E-state index is 13.6. The van der Waals surface area contributed by atoms with E-state index in [0.29, 0.717) is 10.8 Å². The number of fused-ring (bicyclic) bond motifs is 1. The van der Waals surface area contributed by atoms with Gasteiger partial charge in [-0.1, -0.05) is 46.3 Å². The molecule has 1 amide bonds. The Hall–Kier alpha value is -1.60. The van der Waals surface area contributed by atoms with Gasteiger partial charge in [-0.25, -0.2) is 5.01 Å².